The Kier molecular flexibility index (Phi) is 4.00. The number of hydrogen-bond acceptors (Lipinski definition) is 2. The topological polar surface area (TPSA) is 12.0 Å². The van der Waals surface area contributed by atoms with Gasteiger partial charge in [-0.05, 0) is 47.8 Å². The van der Waals surface area contributed by atoms with Gasteiger partial charge in [0, 0.05) is 20.8 Å². The lowest BCUT2D eigenvalue weighted by atomic mass is 9.87. The van der Waals surface area contributed by atoms with Crippen molar-refractivity contribution < 1.29 is 0 Å². The molecule has 1 fully saturated rings. The van der Waals surface area contributed by atoms with Crippen molar-refractivity contribution in [2.75, 3.05) is 6.54 Å². The fourth-order valence-corrected chi connectivity index (χ4v) is 3.51. The summed E-state index contributed by atoms with van der Waals surface area (Å²) in [6, 6.07) is 2.96. The standard InChI is InChI=1S/C12H17BrClNS/c1-12(2,5-6-15-8-3-4-8)10-7-9(13)11(14)16-10/h7-8,15H,3-6H2,1-2H3. The molecule has 0 aromatic carbocycles. The molecule has 4 heteroatoms. The van der Waals surface area contributed by atoms with Gasteiger partial charge in [0.15, 0.2) is 0 Å². The van der Waals surface area contributed by atoms with Crippen molar-refractivity contribution in [1.29, 1.82) is 0 Å². The first-order valence-corrected chi connectivity index (χ1v) is 7.66. The summed E-state index contributed by atoms with van der Waals surface area (Å²) in [7, 11) is 0. The highest BCUT2D eigenvalue weighted by molar-refractivity contribution is 9.10. The molecule has 0 unspecified atom stereocenters. The predicted molar refractivity (Wildman–Crippen MR) is 75.7 cm³/mol. The van der Waals surface area contributed by atoms with Crippen molar-refractivity contribution in [3.63, 3.8) is 0 Å². The van der Waals surface area contributed by atoms with Gasteiger partial charge in [0.2, 0.25) is 0 Å². The van der Waals surface area contributed by atoms with Crippen LogP contribution in [0.15, 0.2) is 10.5 Å². The van der Waals surface area contributed by atoms with Crippen molar-refractivity contribution in [1.82, 2.24) is 5.32 Å². The minimum atomic E-state index is 0.211. The summed E-state index contributed by atoms with van der Waals surface area (Å²) in [5.74, 6) is 0. The van der Waals surface area contributed by atoms with E-state index in [4.69, 9.17) is 11.6 Å². The second kappa shape index (κ2) is 4.97. The van der Waals surface area contributed by atoms with Crippen LogP contribution in [-0.4, -0.2) is 12.6 Å². The van der Waals surface area contributed by atoms with Crippen LogP contribution in [-0.2, 0) is 5.41 Å². The lowest BCUT2D eigenvalue weighted by Crippen LogP contribution is -2.25. The number of rotatable bonds is 5. The lowest BCUT2D eigenvalue weighted by molar-refractivity contribution is 0.463. The Morgan fingerprint density at radius 1 is 1.56 bits per heavy atom. The monoisotopic (exact) mass is 321 g/mol. The Morgan fingerprint density at radius 3 is 2.75 bits per heavy atom. The third kappa shape index (κ3) is 3.22. The highest BCUT2D eigenvalue weighted by Crippen LogP contribution is 2.39. The van der Waals surface area contributed by atoms with Crippen molar-refractivity contribution >= 4 is 38.9 Å². The molecule has 90 valence electrons. The Bertz CT molecular complexity index is 352. The van der Waals surface area contributed by atoms with Gasteiger partial charge in [-0.2, -0.15) is 0 Å². The minimum Gasteiger partial charge on any atom is -0.314 e. The molecule has 0 atom stereocenters. The van der Waals surface area contributed by atoms with Gasteiger partial charge in [-0.15, -0.1) is 11.3 Å². The molecular formula is C12H17BrClNS. The molecule has 0 spiro atoms. The van der Waals surface area contributed by atoms with E-state index < -0.39 is 0 Å². The summed E-state index contributed by atoms with van der Waals surface area (Å²) in [5.41, 5.74) is 0.211. The third-order valence-electron chi connectivity index (χ3n) is 3.07. The Balaban J connectivity index is 1.93. The summed E-state index contributed by atoms with van der Waals surface area (Å²) in [5, 5.41) is 3.56. The van der Waals surface area contributed by atoms with E-state index in [1.165, 1.54) is 17.7 Å². The molecule has 1 aromatic rings. The summed E-state index contributed by atoms with van der Waals surface area (Å²) >= 11 is 11.2. The molecule has 16 heavy (non-hydrogen) atoms. The van der Waals surface area contributed by atoms with Crippen LogP contribution >= 0.6 is 38.9 Å². The maximum absolute atomic E-state index is 6.09. The summed E-state index contributed by atoms with van der Waals surface area (Å²) in [6.07, 6.45) is 3.88. The van der Waals surface area contributed by atoms with Crippen molar-refractivity contribution in [2.45, 2.75) is 44.6 Å². The summed E-state index contributed by atoms with van der Waals surface area (Å²) < 4.78 is 1.88. The smallest absolute Gasteiger partial charge is 0.107 e. The van der Waals surface area contributed by atoms with Gasteiger partial charge < -0.3 is 5.32 Å². The van der Waals surface area contributed by atoms with Crippen LogP contribution in [0.1, 0.15) is 38.0 Å². The van der Waals surface area contributed by atoms with Crippen LogP contribution in [0, 0.1) is 0 Å². The maximum Gasteiger partial charge on any atom is 0.107 e. The van der Waals surface area contributed by atoms with Crippen LogP contribution in [0.2, 0.25) is 4.34 Å². The van der Waals surface area contributed by atoms with Crippen molar-refractivity contribution in [3.8, 4) is 0 Å². The molecule has 0 saturated heterocycles. The molecule has 0 radical (unpaired) electrons. The molecule has 0 amide bonds. The first-order chi connectivity index (χ1) is 7.49. The van der Waals surface area contributed by atoms with Crippen LogP contribution in [0.5, 0.6) is 0 Å². The molecule has 1 aliphatic rings. The number of thiophene rings is 1. The minimum absolute atomic E-state index is 0.211. The summed E-state index contributed by atoms with van der Waals surface area (Å²) in [4.78, 5) is 1.36. The molecule has 1 heterocycles. The quantitative estimate of drug-likeness (QED) is 0.836. The first kappa shape index (κ1) is 12.9. The van der Waals surface area contributed by atoms with E-state index in [-0.39, 0.29) is 5.41 Å². The maximum atomic E-state index is 6.09. The Hall–Kier alpha value is 0.430. The molecule has 1 saturated carbocycles. The molecule has 0 aliphatic heterocycles. The van der Waals surface area contributed by atoms with E-state index in [9.17, 15) is 0 Å². The van der Waals surface area contributed by atoms with Gasteiger partial charge in [-0.3, -0.25) is 0 Å². The van der Waals surface area contributed by atoms with E-state index in [0.717, 1.165) is 27.8 Å². The number of nitrogens with one attached hydrogen (secondary N) is 1. The van der Waals surface area contributed by atoms with Gasteiger partial charge in [0.1, 0.15) is 4.34 Å². The van der Waals surface area contributed by atoms with Gasteiger partial charge >= 0.3 is 0 Å². The molecule has 1 N–H and O–H groups in total. The van der Waals surface area contributed by atoms with E-state index in [1.807, 2.05) is 0 Å². The second-order valence-corrected chi connectivity index (χ2v) is 7.60. The van der Waals surface area contributed by atoms with Crippen LogP contribution in [0.25, 0.3) is 0 Å². The van der Waals surface area contributed by atoms with Crippen LogP contribution in [0.3, 0.4) is 0 Å². The highest BCUT2D eigenvalue weighted by Gasteiger charge is 2.25. The van der Waals surface area contributed by atoms with Crippen LogP contribution in [0.4, 0.5) is 0 Å². The SMILES string of the molecule is CC(C)(CCNC1CC1)c1cc(Br)c(Cl)s1. The molecule has 1 nitrogen and oxygen atoms in total. The summed E-state index contributed by atoms with van der Waals surface area (Å²) in [6.45, 7) is 5.68. The van der Waals surface area contributed by atoms with Gasteiger partial charge in [-0.1, -0.05) is 25.4 Å². The van der Waals surface area contributed by atoms with Gasteiger partial charge in [0.05, 0.1) is 0 Å². The van der Waals surface area contributed by atoms with E-state index >= 15 is 0 Å². The zero-order chi connectivity index (χ0) is 11.8. The zero-order valence-electron chi connectivity index (χ0n) is 9.65. The van der Waals surface area contributed by atoms with Gasteiger partial charge in [0.25, 0.3) is 0 Å². The van der Waals surface area contributed by atoms with Crippen molar-refractivity contribution in [2.24, 2.45) is 0 Å². The molecule has 0 bridgehead atoms. The van der Waals surface area contributed by atoms with Crippen LogP contribution < -0.4 is 5.32 Å². The number of hydrogen-bond donors (Lipinski definition) is 1. The highest BCUT2D eigenvalue weighted by atomic mass is 79.9. The van der Waals surface area contributed by atoms with Gasteiger partial charge in [-0.25, -0.2) is 0 Å². The van der Waals surface area contributed by atoms with Crippen molar-refractivity contribution in [3.05, 3.63) is 19.8 Å². The normalized spacial score (nSPS) is 16.8. The largest absolute Gasteiger partial charge is 0.314 e. The lowest BCUT2D eigenvalue weighted by Gasteiger charge is -2.23. The van der Waals surface area contributed by atoms with E-state index in [1.54, 1.807) is 11.3 Å². The fourth-order valence-electron chi connectivity index (χ4n) is 1.68. The van der Waals surface area contributed by atoms with E-state index in [0.29, 0.717) is 0 Å². The average Bonchev–Trinajstić information content (AvgIpc) is 2.94. The third-order valence-corrected chi connectivity index (χ3v) is 5.91. The first-order valence-electron chi connectivity index (χ1n) is 5.68. The average molecular weight is 323 g/mol. The Morgan fingerprint density at radius 2 is 2.25 bits per heavy atom. The zero-order valence-corrected chi connectivity index (χ0v) is 12.8. The second-order valence-electron chi connectivity index (χ2n) is 5.09. The Labute approximate surface area is 115 Å². The molecule has 2 rings (SSSR count). The fraction of sp³-hybridized carbons (Fsp3) is 0.667. The number of halogens is 2. The molecular weight excluding hydrogens is 306 g/mol. The molecule has 1 aromatic heterocycles. The molecule has 1 aliphatic carbocycles. The van der Waals surface area contributed by atoms with E-state index in [2.05, 4.69) is 41.2 Å². The predicted octanol–water partition coefficient (Wildman–Crippen LogP) is 4.58.